The summed E-state index contributed by atoms with van der Waals surface area (Å²) in [6, 6.07) is 18.3. The van der Waals surface area contributed by atoms with Crippen LogP contribution in [0, 0.1) is 13.8 Å². The summed E-state index contributed by atoms with van der Waals surface area (Å²) >= 11 is 0. The summed E-state index contributed by atoms with van der Waals surface area (Å²) in [6.45, 7) is 13.9. The largest absolute Gasteiger partial charge is 0.496 e. The fourth-order valence-electron chi connectivity index (χ4n) is 5.31. The number of rotatable bonds is 8. The molecule has 1 aliphatic rings. The Bertz CT molecular complexity index is 1890. The third kappa shape index (κ3) is 7.29. The first kappa shape index (κ1) is 32.2. The number of aromatic nitrogens is 5. The van der Waals surface area contributed by atoms with Crippen molar-refractivity contribution >= 4 is 29.2 Å². The van der Waals surface area contributed by atoms with E-state index in [1.54, 1.807) is 12.5 Å². The highest BCUT2D eigenvalue weighted by atomic mass is 16.7. The minimum absolute atomic E-state index is 0.289. The van der Waals surface area contributed by atoms with E-state index in [1.165, 1.54) is 0 Å². The minimum Gasteiger partial charge on any atom is -0.464 e. The molecule has 0 saturated carbocycles. The van der Waals surface area contributed by atoms with Crippen molar-refractivity contribution in [1.29, 1.82) is 0 Å². The molecule has 9 nitrogen and oxygen atoms in total. The summed E-state index contributed by atoms with van der Waals surface area (Å²) in [4.78, 5) is 17.5. The first-order valence-electron chi connectivity index (χ1n) is 16.0. The van der Waals surface area contributed by atoms with Crippen molar-refractivity contribution in [3.8, 4) is 22.5 Å². The summed E-state index contributed by atoms with van der Waals surface area (Å²) in [6.07, 6.45) is 13.9. The van der Waals surface area contributed by atoms with E-state index in [0.717, 1.165) is 75.4 Å². The van der Waals surface area contributed by atoms with Crippen molar-refractivity contribution in [2.45, 2.75) is 65.7 Å². The second-order valence-electron chi connectivity index (χ2n) is 12.8. The van der Waals surface area contributed by atoms with Crippen molar-refractivity contribution in [2.24, 2.45) is 0 Å². The van der Waals surface area contributed by atoms with Gasteiger partial charge in [0.25, 0.3) is 0 Å². The minimum atomic E-state index is -0.307. The van der Waals surface area contributed by atoms with Gasteiger partial charge in [0.2, 0.25) is 0 Å². The lowest BCUT2D eigenvalue weighted by Crippen LogP contribution is -2.41. The van der Waals surface area contributed by atoms with E-state index in [2.05, 4.69) is 81.8 Å². The van der Waals surface area contributed by atoms with Crippen LogP contribution in [0.4, 0.5) is 5.69 Å². The van der Waals surface area contributed by atoms with Gasteiger partial charge in [-0.3, -0.25) is 15.0 Å². The molecule has 0 bridgehead atoms. The van der Waals surface area contributed by atoms with Gasteiger partial charge in [0.1, 0.15) is 5.76 Å². The number of aryl methyl sites for hydroxylation is 3. The molecule has 5 aromatic heterocycles. The van der Waals surface area contributed by atoms with E-state index in [4.69, 9.17) is 13.7 Å². The van der Waals surface area contributed by atoms with Crippen molar-refractivity contribution in [2.75, 3.05) is 11.9 Å². The molecule has 1 N–H and O–H groups in total. The van der Waals surface area contributed by atoms with E-state index in [0.29, 0.717) is 0 Å². The van der Waals surface area contributed by atoms with Gasteiger partial charge in [-0.1, -0.05) is 18.2 Å². The number of fused-ring (bicyclic) bond motifs is 1. The number of hydrogen-bond donors (Lipinski definition) is 1. The first-order chi connectivity index (χ1) is 22.6. The lowest BCUT2D eigenvalue weighted by atomic mass is 9.80. The maximum atomic E-state index is 5.93. The Morgan fingerprint density at radius 3 is 2.21 bits per heavy atom. The van der Waals surface area contributed by atoms with Crippen molar-refractivity contribution < 1.29 is 13.7 Å². The molecule has 0 unspecified atom stereocenters. The monoisotopic (exact) mass is 628 g/mol. The van der Waals surface area contributed by atoms with Crippen molar-refractivity contribution in [1.82, 2.24) is 24.5 Å². The molecule has 7 rings (SSSR count). The zero-order valence-corrected chi connectivity index (χ0v) is 27.9. The fourth-order valence-corrected chi connectivity index (χ4v) is 5.31. The number of anilines is 1. The van der Waals surface area contributed by atoms with Crippen molar-refractivity contribution in [3.63, 3.8) is 0 Å². The number of imidazole rings is 1. The number of nitrogens with one attached hydrogen (secondary N) is 1. The number of furan rings is 1. The molecule has 0 radical (unpaired) electrons. The van der Waals surface area contributed by atoms with Crippen LogP contribution >= 0.6 is 0 Å². The average molecular weight is 629 g/mol. The quantitative estimate of drug-likeness (QED) is 0.139. The van der Waals surface area contributed by atoms with Crippen LogP contribution in [0.5, 0.6) is 0 Å². The molecule has 0 atom stereocenters. The smallest absolute Gasteiger partial charge is 0.464 e. The molecule has 0 spiro atoms. The predicted octanol–water partition coefficient (Wildman–Crippen LogP) is 7.25. The van der Waals surface area contributed by atoms with Crippen LogP contribution in [0.15, 0.2) is 103 Å². The molecule has 6 heterocycles. The number of nitrogens with zero attached hydrogens (tertiary/aromatic N) is 5. The van der Waals surface area contributed by atoms with Gasteiger partial charge >= 0.3 is 7.12 Å². The molecule has 10 heteroatoms. The van der Waals surface area contributed by atoms with Crippen LogP contribution in [-0.2, 0) is 15.9 Å². The molecule has 240 valence electrons. The number of hydrogen-bond acceptors (Lipinski definition) is 8. The maximum Gasteiger partial charge on any atom is 0.496 e. The van der Waals surface area contributed by atoms with Crippen LogP contribution in [0.1, 0.15) is 45.5 Å². The maximum absolute atomic E-state index is 5.93. The zero-order chi connectivity index (χ0) is 33.0. The van der Waals surface area contributed by atoms with Gasteiger partial charge in [0.05, 0.1) is 40.6 Å². The lowest BCUT2D eigenvalue weighted by molar-refractivity contribution is 0.00578. The summed E-state index contributed by atoms with van der Waals surface area (Å²) in [5.74, 6) is 0.800. The second kappa shape index (κ2) is 13.5. The van der Waals surface area contributed by atoms with E-state index in [-0.39, 0.29) is 18.3 Å². The van der Waals surface area contributed by atoms with Crippen LogP contribution in [0.2, 0.25) is 0 Å². The average Bonchev–Trinajstić information content (AvgIpc) is 3.82. The Morgan fingerprint density at radius 2 is 1.57 bits per heavy atom. The van der Waals surface area contributed by atoms with Gasteiger partial charge in [-0.15, -0.1) is 0 Å². The molecule has 0 aliphatic carbocycles. The molecule has 1 saturated heterocycles. The van der Waals surface area contributed by atoms with Gasteiger partial charge < -0.3 is 23.6 Å². The molecule has 1 aromatic carbocycles. The fraction of sp³-hybridized carbons (Fsp3) is 0.297. The first-order valence-corrected chi connectivity index (χ1v) is 16.0. The highest BCUT2D eigenvalue weighted by molar-refractivity contribution is 6.62. The van der Waals surface area contributed by atoms with Crippen LogP contribution in [0.25, 0.3) is 33.4 Å². The lowest BCUT2D eigenvalue weighted by Gasteiger charge is -2.32. The highest BCUT2D eigenvalue weighted by Crippen LogP contribution is 2.37. The Balaban J connectivity index is 0.000000203. The van der Waals surface area contributed by atoms with Gasteiger partial charge in [-0.05, 0) is 89.9 Å². The van der Waals surface area contributed by atoms with Gasteiger partial charge in [0.15, 0.2) is 0 Å². The molecule has 0 amide bonds. The van der Waals surface area contributed by atoms with E-state index < -0.39 is 0 Å². The predicted molar refractivity (Wildman–Crippen MR) is 187 cm³/mol. The normalized spacial score (nSPS) is 15.0. The van der Waals surface area contributed by atoms with Crippen molar-refractivity contribution in [3.05, 3.63) is 110 Å². The standard InChI is InChI=1S/C25H23N5O.C12H18BNO2/c1-18-5-6-20(15-28-18)19-7-8-23-21(14-19)25(22(16-29-23)24-4-2-13-31-24)27-9-3-11-30-12-10-26-17-30;1-9-6-7-10(8-14-9)13-15-11(2,3)12(4,5)16-13/h2,4-8,10,12-17H,3,9,11H2,1H3,(H,27,29);6-8H,1-5H3. The van der Waals surface area contributed by atoms with Gasteiger partial charge in [0, 0.05) is 71.9 Å². The Hall–Kier alpha value is -4.80. The van der Waals surface area contributed by atoms with Crippen LogP contribution in [0.3, 0.4) is 0 Å². The van der Waals surface area contributed by atoms with Crippen LogP contribution < -0.4 is 10.8 Å². The number of pyridine rings is 3. The Labute approximate surface area is 276 Å². The number of benzene rings is 1. The highest BCUT2D eigenvalue weighted by Gasteiger charge is 2.51. The molecule has 47 heavy (non-hydrogen) atoms. The van der Waals surface area contributed by atoms with E-state index in [1.807, 2.05) is 75.3 Å². The SMILES string of the molecule is Cc1ccc(-c2ccc3ncc(-c4ccco4)c(NCCCn4ccnc4)c3c2)cn1.Cc1ccc(B2OC(C)(C)C(C)(C)O2)cn1. The Morgan fingerprint density at radius 1 is 0.830 bits per heavy atom. The zero-order valence-electron chi connectivity index (χ0n) is 27.9. The third-order valence-corrected chi connectivity index (χ3v) is 8.81. The molecular weight excluding hydrogens is 587 g/mol. The van der Waals surface area contributed by atoms with Crippen LogP contribution in [-0.4, -0.2) is 49.4 Å². The Kier molecular flexibility index (Phi) is 9.25. The van der Waals surface area contributed by atoms with E-state index in [9.17, 15) is 0 Å². The summed E-state index contributed by atoms with van der Waals surface area (Å²) in [5, 5.41) is 4.71. The molecule has 1 aliphatic heterocycles. The van der Waals surface area contributed by atoms with E-state index >= 15 is 0 Å². The molecule has 6 aromatic rings. The third-order valence-electron chi connectivity index (χ3n) is 8.81. The molecular formula is C37H41BN6O3. The second-order valence-corrected chi connectivity index (χ2v) is 12.8. The topological polar surface area (TPSA) is 100 Å². The van der Waals surface area contributed by atoms with Gasteiger partial charge in [-0.25, -0.2) is 4.98 Å². The summed E-state index contributed by atoms with van der Waals surface area (Å²) in [5.41, 5.74) is 7.53. The summed E-state index contributed by atoms with van der Waals surface area (Å²) in [7, 11) is -0.307. The summed E-state index contributed by atoms with van der Waals surface area (Å²) < 4.78 is 19.6. The van der Waals surface area contributed by atoms with Gasteiger partial charge in [-0.2, -0.15) is 0 Å². The molecule has 1 fully saturated rings.